The van der Waals surface area contributed by atoms with E-state index >= 15 is 0 Å². The smallest absolute Gasteiger partial charge is 0.261 e. The molecule has 114 valence electrons. The zero-order valence-corrected chi connectivity index (χ0v) is 13.4. The summed E-state index contributed by atoms with van der Waals surface area (Å²) in [5, 5.41) is 0.359. The predicted molar refractivity (Wildman–Crippen MR) is 86.1 cm³/mol. The zero-order chi connectivity index (χ0) is 15.4. The summed E-state index contributed by atoms with van der Waals surface area (Å²) in [6, 6.07) is 7.39. The summed E-state index contributed by atoms with van der Waals surface area (Å²) in [4.78, 5) is 17.4. The molecule has 0 saturated carbocycles. The van der Waals surface area contributed by atoms with Gasteiger partial charge in [0.15, 0.2) is 0 Å². The van der Waals surface area contributed by atoms with Crippen molar-refractivity contribution < 1.29 is 4.74 Å². The Morgan fingerprint density at radius 2 is 2.10 bits per heavy atom. The van der Waals surface area contributed by atoms with E-state index in [1.54, 1.807) is 11.7 Å². The van der Waals surface area contributed by atoms with Crippen LogP contribution in [0.25, 0.3) is 10.9 Å². The number of methoxy groups -OCH3 is 1. The van der Waals surface area contributed by atoms with Gasteiger partial charge in [-0.2, -0.15) is 0 Å². The number of nitrogens with zero attached hydrogens (tertiary/aromatic N) is 2. The van der Waals surface area contributed by atoms with E-state index in [4.69, 9.17) is 16.3 Å². The minimum atomic E-state index is -0.271. The Hall–Kier alpha value is -1.39. The van der Waals surface area contributed by atoms with Gasteiger partial charge >= 0.3 is 0 Å². The fraction of sp³-hybridized carbons (Fsp3) is 0.500. The lowest BCUT2D eigenvalue weighted by atomic mass is 10.1. The van der Waals surface area contributed by atoms with Crippen molar-refractivity contribution in [3.63, 3.8) is 0 Å². The molecule has 1 heterocycles. The Bertz CT molecular complexity index is 669. The maximum absolute atomic E-state index is 12.8. The minimum Gasteiger partial charge on any atom is -0.385 e. The topological polar surface area (TPSA) is 44.1 Å². The minimum absolute atomic E-state index is 0.00245. The van der Waals surface area contributed by atoms with Crippen molar-refractivity contribution in [1.29, 1.82) is 0 Å². The summed E-state index contributed by atoms with van der Waals surface area (Å²) < 4.78 is 6.84. The number of rotatable bonds is 6. The van der Waals surface area contributed by atoms with Crippen LogP contribution in [0.5, 0.6) is 0 Å². The summed E-state index contributed by atoms with van der Waals surface area (Å²) in [5.41, 5.74) is 0.671. The molecular weight excluding hydrogens is 288 g/mol. The van der Waals surface area contributed by atoms with E-state index in [1.165, 1.54) is 0 Å². The zero-order valence-electron chi connectivity index (χ0n) is 12.7. The lowest BCUT2D eigenvalue weighted by Crippen LogP contribution is -2.29. The average molecular weight is 309 g/mol. The Kier molecular flexibility index (Phi) is 5.37. The van der Waals surface area contributed by atoms with Gasteiger partial charge in [-0.3, -0.25) is 9.36 Å². The van der Waals surface area contributed by atoms with Crippen LogP contribution in [0.2, 0.25) is 0 Å². The van der Waals surface area contributed by atoms with Gasteiger partial charge in [0.1, 0.15) is 5.82 Å². The molecule has 0 radical (unpaired) electrons. The molecule has 4 nitrogen and oxygen atoms in total. The highest BCUT2D eigenvalue weighted by Gasteiger charge is 2.20. The fourth-order valence-corrected chi connectivity index (χ4v) is 2.56. The molecule has 0 N–H and O–H groups in total. The molecule has 0 aliphatic rings. The fourth-order valence-electron chi connectivity index (χ4n) is 2.41. The predicted octanol–water partition coefficient (Wildman–Crippen LogP) is 3.68. The van der Waals surface area contributed by atoms with Crippen molar-refractivity contribution >= 4 is 22.5 Å². The van der Waals surface area contributed by atoms with Gasteiger partial charge in [0.25, 0.3) is 5.56 Å². The van der Waals surface area contributed by atoms with Crippen molar-refractivity contribution in [1.82, 2.24) is 9.55 Å². The van der Waals surface area contributed by atoms with Crippen LogP contribution in [0.15, 0.2) is 29.1 Å². The highest BCUT2D eigenvalue weighted by Crippen LogP contribution is 2.25. The van der Waals surface area contributed by atoms with Gasteiger partial charge in [-0.25, -0.2) is 4.98 Å². The van der Waals surface area contributed by atoms with Crippen LogP contribution < -0.4 is 5.56 Å². The first-order valence-corrected chi connectivity index (χ1v) is 7.68. The molecule has 5 heteroatoms. The molecule has 0 aliphatic carbocycles. The number of benzene rings is 1. The normalized spacial score (nSPS) is 14.3. The van der Waals surface area contributed by atoms with E-state index in [2.05, 4.69) is 4.98 Å². The van der Waals surface area contributed by atoms with Crippen LogP contribution in [0.1, 0.15) is 43.9 Å². The first-order chi connectivity index (χ1) is 10.1. The Morgan fingerprint density at radius 3 is 2.76 bits per heavy atom. The summed E-state index contributed by atoms with van der Waals surface area (Å²) >= 11 is 6.39. The molecule has 21 heavy (non-hydrogen) atoms. The molecule has 0 fully saturated rings. The number of alkyl halides is 1. The average Bonchev–Trinajstić information content (AvgIpc) is 2.51. The van der Waals surface area contributed by atoms with Gasteiger partial charge in [0.2, 0.25) is 0 Å². The van der Waals surface area contributed by atoms with E-state index < -0.39 is 0 Å². The molecule has 1 aromatic heterocycles. The van der Waals surface area contributed by atoms with Crippen molar-refractivity contribution in [3.8, 4) is 0 Å². The highest BCUT2D eigenvalue weighted by molar-refractivity contribution is 6.20. The van der Waals surface area contributed by atoms with Gasteiger partial charge in [0.05, 0.1) is 16.3 Å². The monoisotopic (exact) mass is 308 g/mol. The molecule has 0 saturated heterocycles. The van der Waals surface area contributed by atoms with Gasteiger partial charge in [-0.05, 0) is 31.9 Å². The molecule has 2 atom stereocenters. The number of para-hydroxylation sites is 1. The van der Waals surface area contributed by atoms with Crippen molar-refractivity contribution in [2.45, 2.75) is 38.1 Å². The second kappa shape index (κ2) is 7.05. The maximum atomic E-state index is 12.8. The van der Waals surface area contributed by atoms with Gasteiger partial charge < -0.3 is 4.74 Å². The number of halogens is 1. The third-order valence-electron chi connectivity index (χ3n) is 3.65. The SMILES string of the molecule is CCC(Cl)c1nc2ccccc2c(=O)n1C(C)CCOC. The maximum Gasteiger partial charge on any atom is 0.261 e. The van der Waals surface area contributed by atoms with E-state index in [-0.39, 0.29) is 17.0 Å². The third-order valence-corrected chi connectivity index (χ3v) is 4.16. The Morgan fingerprint density at radius 1 is 1.38 bits per heavy atom. The second-order valence-electron chi connectivity index (χ2n) is 5.17. The largest absolute Gasteiger partial charge is 0.385 e. The lowest BCUT2D eigenvalue weighted by molar-refractivity contribution is 0.179. The van der Waals surface area contributed by atoms with Gasteiger partial charge in [-0.1, -0.05) is 19.1 Å². The third kappa shape index (κ3) is 3.27. The number of hydrogen-bond donors (Lipinski definition) is 0. The molecule has 0 spiro atoms. The molecular formula is C16H21ClN2O2. The van der Waals surface area contributed by atoms with Crippen molar-refractivity contribution in [3.05, 3.63) is 40.4 Å². The van der Waals surface area contributed by atoms with Crippen LogP contribution in [-0.2, 0) is 4.74 Å². The molecule has 0 aliphatic heterocycles. The summed E-state index contributed by atoms with van der Waals surface area (Å²) in [6.45, 7) is 4.59. The molecule has 0 amide bonds. The van der Waals surface area contributed by atoms with Crippen molar-refractivity contribution in [2.24, 2.45) is 0 Å². The standard InChI is InChI=1S/C16H21ClN2O2/c1-4-13(17)15-18-14-8-6-5-7-12(14)16(20)19(15)11(2)9-10-21-3/h5-8,11,13H,4,9-10H2,1-3H3. The van der Waals surface area contributed by atoms with E-state index in [9.17, 15) is 4.79 Å². The van der Waals surface area contributed by atoms with Gasteiger partial charge in [0, 0.05) is 19.8 Å². The molecule has 2 rings (SSSR count). The number of aromatic nitrogens is 2. The van der Waals surface area contributed by atoms with E-state index in [1.807, 2.05) is 38.1 Å². The first-order valence-electron chi connectivity index (χ1n) is 7.24. The lowest BCUT2D eigenvalue weighted by Gasteiger charge is -2.21. The number of fused-ring (bicyclic) bond motifs is 1. The quantitative estimate of drug-likeness (QED) is 0.765. The molecule has 0 bridgehead atoms. The Balaban J connectivity index is 2.64. The summed E-state index contributed by atoms with van der Waals surface area (Å²) in [6.07, 6.45) is 1.47. The van der Waals surface area contributed by atoms with E-state index in [0.29, 0.717) is 23.3 Å². The highest BCUT2D eigenvalue weighted by atomic mass is 35.5. The van der Waals surface area contributed by atoms with Crippen LogP contribution in [0.4, 0.5) is 0 Å². The molecule has 2 aromatic rings. The van der Waals surface area contributed by atoms with Crippen LogP contribution in [0, 0.1) is 0 Å². The second-order valence-corrected chi connectivity index (χ2v) is 5.70. The summed E-state index contributed by atoms with van der Waals surface area (Å²) in [7, 11) is 1.66. The van der Waals surface area contributed by atoms with E-state index in [0.717, 1.165) is 12.8 Å². The van der Waals surface area contributed by atoms with Crippen molar-refractivity contribution in [2.75, 3.05) is 13.7 Å². The molecule has 1 aromatic carbocycles. The number of hydrogen-bond acceptors (Lipinski definition) is 3. The first kappa shape index (κ1) is 16.0. The Labute approximate surface area is 129 Å². The van der Waals surface area contributed by atoms with Crippen LogP contribution >= 0.6 is 11.6 Å². The summed E-state index contributed by atoms with van der Waals surface area (Å²) in [5.74, 6) is 0.645. The van der Waals surface area contributed by atoms with Crippen LogP contribution in [-0.4, -0.2) is 23.3 Å². The molecule has 2 unspecified atom stereocenters. The van der Waals surface area contributed by atoms with Gasteiger partial charge in [-0.15, -0.1) is 11.6 Å². The number of ether oxygens (including phenoxy) is 1. The van der Waals surface area contributed by atoms with Crippen LogP contribution in [0.3, 0.4) is 0 Å².